The van der Waals surface area contributed by atoms with Crippen molar-refractivity contribution in [1.82, 2.24) is 15.6 Å². The van der Waals surface area contributed by atoms with Crippen LogP contribution in [0.15, 0.2) is 53.7 Å². The average molecular weight is 518 g/mol. The van der Waals surface area contributed by atoms with Gasteiger partial charge in [-0.3, -0.25) is 9.98 Å². The normalized spacial score (nSPS) is 19.9. The fourth-order valence-corrected chi connectivity index (χ4v) is 3.51. The van der Waals surface area contributed by atoms with Crippen LogP contribution in [0, 0.1) is 5.92 Å². The number of aliphatic imine (C=N–C) groups is 1. The van der Waals surface area contributed by atoms with Gasteiger partial charge in [-0.15, -0.1) is 24.0 Å². The van der Waals surface area contributed by atoms with Crippen molar-refractivity contribution in [1.29, 1.82) is 0 Å². The zero-order valence-electron chi connectivity index (χ0n) is 16.2. The Hall–Kier alpha value is -1.84. The number of rotatable bonds is 4. The summed E-state index contributed by atoms with van der Waals surface area (Å²) in [6.45, 7) is 0.568. The van der Waals surface area contributed by atoms with E-state index in [1.807, 2.05) is 36.4 Å². The Bertz CT molecular complexity index is 788. The van der Waals surface area contributed by atoms with E-state index in [1.165, 1.54) is 0 Å². The smallest absolute Gasteiger partial charge is 0.354 e. The molecule has 158 valence electrons. The van der Waals surface area contributed by atoms with Crippen LogP contribution in [0.2, 0.25) is 0 Å². The van der Waals surface area contributed by atoms with Crippen LogP contribution in [-0.2, 0) is 6.54 Å². The van der Waals surface area contributed by atoms with Crippen LogP contribution in [-0.4, -0.2) is 30.2 Å². The minimum Gasteiger partial charge on any atom is -0.354 e. The molecule has 0 aliphatic heterocycles. The summed E-state index contributed by atoms with van der Waals surface area (Å²) < 4.78 is 38.4. The highest BCUT2D eigenvalue weighted by atomic mass is 127. The Labute approximate surface area is 186 Å². The highest BCUT2D eigenvalue weighted by molar-refractivity contribution is 14.0. The number of pyridine rings is 1. The van der Waals surface area contributed by atoms with Gasteiger partial charge in [0.15, 0.2) is 5.96 Å². The van der Waals surface area contributed by atoms with E-state index in [-0.39, 0.29) is 42.9 Å². The molecule has 8 heteroatoms. The molecule has 2 N–H and O–H groups in total. The number of nitrogens with zero attached hydrogens (tertiary/aromatic N) is 2. The van der Waals surface area contributed by atoms with Crippen LogP contribution in [0.4, 0.5) is 13.2 Å². The summed E-state index contributed by atoms with van der Waals surface area (Å²) in [5.41, 5.74) is 3.02. The van der Waals surface area contributed by atoms with Crippen LogP contribution in [0.25, 0.3) is 11.3 Å². The molecule has 0 amide bonds. The summed E-state index contributed by atoms with van der Waals surface area (Å²) in [5, 5.41) is 6.50. The van der Waals surface area contributed by atoms with E-state index in [0.717, 1.165) is 16.8 Å². The molecule has 0 spiro atoms. The van der Waals surface area contributed by atoms with Gasteiger partial charge in [0, 0.05) is 31.4 Å². The Morgan fingerprint density at radius 1 is 1.10 bits per heavy atom. The Morgan fingerprint density at radius 2 is 1.86 bits per heavy atom. The highest BCUT2D eigenvalue weighted by Crippen LogP contribution is 2.37. The maximum absolute atomic E-state index is 12.8. The molecule has 1 aliphatic carbocycles. The third-order valence-electron chi connectivity index (χ3n) is 5.10. The topological polar surface area (TPSA) is 49.3 Å². The summed E-state index contributed by atoms with van der Waals surface area (Å²) in [7, 11) is 1.67. The lowest BCUT2D eigenvalue weighted by Crippen LogP contribution is -2.45. The zero-order chi connectivity index (χ0) is 20.0. The molecule has 1 saturated carbocycles. The predicted molar refractivity (Wildman–Crippen MR) is 120 cm³/mol. The van der Waals surface area contributed by atoms with Gasteiger partial charge in [-0.2, -0.15) is 13.2 Å². The van der Waals surface area contributed by atoms with E-state index in [0.29, 0.717) is 25.3 Å². The molecule has 0 radical (unpaired) electrons. The molecule has 0 saturated heterocycles. The second-order valence-electron chi connectivity index (χ2n) is 7.08. The largest absolute Gasteiger partial charge is 0.391 e. The number of aromatic nitrogens is 1. The lowest BCUT2D eigenvalue weighted by Gasteiger charge is -2.31. The summed E-state index contributed by atoms with van der Waals surface area (Å²) >= 11 is 0. The minimum atomic E-state index is -4.08. The first-order chi connectivity index (χ1) is 13.5. The Balaban J connectivity index is 0.00000300. The molecule has 1 aromatic heterocycles. The number of halogens is 4. The SMILES string of the molecule is CN=C(NCc1cccc(-c2ccccn2)c1)NC1CCC(C(F)(F)F)CC1.I. The molecule has 29 heavy (non-hydrogen) atoms. The number of benzene rings is 1. The van der Waals surface area contributed by atoms with E-state index in [2.05, 4.69) is 26.7 Å². The van der Waals surface area contributed by atoms with E-state index >= 15 is 0 Å². The van der Waals surface area contributed by atoms with E-state index in [1.54, 1.807) is 13.2 Å². The average Bonchev–Trinajstić information content (AvgIpc) is 2.71. The van der Waals surface area contributed by atoms with Gasteiger partial charge < -0.3 is 10.6 Å². The lowest BCUT2D eigenvalue weighted by molar-refractivity contribution is -0.182. The van der Waals surface area contributed by atoms with Crippen molar-refractivity contribution >= 4 is 29.9 Å². The molecular formula is C21H26F3IN4. The molecule has 1 aromatic carbocycles. The van der Waals surface area contributed by atoms with Crippen molar-refractivity contribution in [3.8, 4) is 11.3 Å². The van der Waals surface area contributed by atoms with Gasteiger partial charge in [0.2, 0.25) is 0 Å². The first-order valence-electron chi connectivity index (χ1n) is 9.50. The van der Waals surface area contributed by atoms with Crippen molar-refractivity contribution in [3.05, 3.63) is 54.2 Å². The first kappa shape index (κ1) is 23.4. The van der Waals surface area contributed by atoms with E-state index in [9.17, 15) is 13.2 Å². The maximum atomic E-state index is 12.8. The van der Waals surface area contributed by atoms with Gasteiger partial charge in [0.05, 0.1) is 11.6 Å². The summed E-state index contributed by atoms with van der Waals surface area (Å²) in [5.74, 6) is -0.562. The second kappa shape index (κ2) is 10.8. The molecule has 1 aliphatic rings. The fraction of sp³-hybridized carbons (Fsp3) is 0.429. The van der Waals surface area contributed by atoms with E-state index in [4.69, 9.17) is 0 Å². The van der Waals surface area contributed by atoms with Crippen molar-refractivity contribution in [3.63, 3.8) is 0 Å². The van der Waals surface area contributed by atoms with Gasteiger partial charge in [-0.1, -0.05) is 24.3 Å². The number of hydrogen-bond acceptors (Lipinski definition) is 2. The number of alkyl halides is 3. The van der Waals surface area contributed by atoms with Gasteiger partial charge >= 0.3 is 6.18 Å². The van der Waals surface area contributed by atoms with Gasteiger partial charge in [0.25, 0.3) is 0 Å². The molecule has 0 bridgehead atoms. The van der Waals surface area contributed by atoms with Gasteiger partial charge in [0.1, 0.15) is 0 Å². The van der Waals surface area contributed by atoms with Crippen molar-refractivity contribution in [2.24, 2.45) is 10.9 Å². The van der Waals surface area contributed by atoms with Gasteiger partial charge in [-0.25, -0.2) is 0 Å². The number of nitrogens with one attached hydrogen (secondary N) is 2. The third kappa shape index (κ3) is 6.87. The molecule has 2 aromatic rings. The molecule has 3 rings (SSSR count). The monoisotopic (exact) mass is 518 g/mol. The third-order valence-corrected chi connectivity index (χ3v) is 5.10. The van der Waals surface area contributed by atoms with E-state index < -0.39 is 12.1 Å². The quantitative estimate of drug-likeness (QED) is 0.335. The Kier molecular flexibility index (Phi) is 8.73. The number of hydrogen-bond donors (Lipinski definition) is 2. The van der Waals surface area contributed by atoms with Crippen LogP contribution in [0.5, 0.6) is 0 Å². The van der Waals surface area contributed by atoms with Crippen molar-refractivity contribution in [2.75, 3.05) is 7.05 Å². The summed E-state index contributed by atoms with van der Waals surface area (Å²) in [6.07, 6.45) is -0.975. The second-order valence-corrected chi connectivity index (χ2v) is 7.08. The zero-order valence-corrected chi connectivity index (χ0v) is 18.6. The first-order valence-corrected chi connectivity index (χ1v) is 9.50. The molecule has 1 heterocycles. The molecule has 4 nitrogen and oxygen atoms in total. The Morgan fingerprint density at radius 3 is 2.48 bits per heavy atom. The summed E-state index contributed by atoms with van der Waals surface area (Å²) in [6, 6.07) is 13.9. The van der Waals surface area contributed by atoms with Crippen LogP contribution in [0.3, 0.4) is 0 Å². The standard InChI is InChI=1S/C21H25F3N4.HI/c1-25-20(28-18-10-8-17(9-11-18)21(22,23)24)27-14-15-5-4-6-16(13-15)19-7-2-3-12-26-19;/h2-7,12-13,17-18H,8-11,14H2,1H3,(H2,25,27,28);1H. The maximum Gasteiger partial charge on any atom is 0.391 e. The molecule has 0 atom stereocenters. The summed E-state index contributed by atoms with van der Waals surface area (Å²) in [4.78, 5) is 8.57. The fourth-order valence-electron chi connectivity index (χ4n) is 3.51. The molecule has 0 unspecified atom stereocenters. The van der Waals surface area contributed by atoms with Gasteiger partial charge in [-0.05, 0) is 49.4 Å². The van der Waals surface area contributed by atoms with Crippen LogP contribution in [0.1, 0.15) is 31.2 Å². The predicted octanol–water partition coefficient (Wildman–Crippen LogP) is 5.15. The molecule has 1 fully saturated rings. The minimum absolute atomic E-state index is 0. The lowest BCUT2D eigenvalue weighted by atomic mass is 9.85. The van der Waals surface area contributed by atoms with Crippen LogP contribution < -0.4 is 10.6 Å². The molecular weight excluding hydrogens is 492 g/mol. The number of guanidine groups is 1. The highest BCUT2D eigenvalue weighted by Gasteiger charge is 2.41. The van der Waals surface area contributed by atoms with Crippen LogP contribution >= 0.6 is 24.0 Å². The van der Waals surface area contributed by atoms with Crippen molar-refractivity contribution < 1.29 is 13.2 Å². The van der Waals surface area contributed by atoms with Crippen molar-refractivity contribution in [2.45, 2.75) is 44.4 Å².